The Hall–Kier alpha value is -0.860. The molecule has 1 unspecified atom stereocenters. The first-order chi connectivity index (χ1) is 6.35. The lowest BCUT2D eigenvalue weighted by Gasteiger charge is -2.07. The average molecular weight is 177 g/mol. The lowest BCUT2D eigenvalue weighted by atomic mass is 10.0. The van der Waals surface area contributed by atoms with Crippen molar-refractivity contribution in [1.82, 2.24) is 5.32 Å². The Balaban J connectivity index is 2.34. The van der Waals surface area contributed by atoms with Gasteiger partial charge in [0, 0.05) is 6.54 Å². The molecule has 13 heavy (non-hydrogen) atoms. The molecule has 1 aromatic carbocycles. The fraction of sp³-hybridized carbons (Fsp3) is 0.455. The molecule has 1 aliphatic rings. The minimum Gasteiger partial charge on any atom is -0.394 e. The number of hydrogen-bond acceptors (Lipinski definition) is 2. The van der Waals surface area contributed by atoms with E-state index in [2.05, 4.69) is 30.4 Å². The summed E-state index contributed by atoms with van der Waals surface area (Å²) in [4.78, 5) is 0. The van der Waals surface area contributed by atoms with Crippen LogP contribution in [0.5, 0.6) is 0 Å². The second kappa shape index (κ2) is 3.48. The summed E-state index contributed by atoms with van der Waals surface area (Å²) in [6.07, 6.45) is 1.08. The number of fused-ring (bicyclic) bond motifs is 1. The first kappa shape index (κ1) is 8.73. The summed E-state index contributed by atoms with van der Waals surface area (Å²) in [7, 11) is 0. The Morgan fingerprint density at radius 1 is 1.54 bits per heavy atom. The van der Waals surface area contributed by atoms with Crippen molar-refractivity contribution in [3.8, 4) is 0 Å². The molecule has 0 bridgehead atoms. The van der Waals surface area contributed by atoms with E-state index in [1.807, 2.05) is 0 Å². The molecule has 0 fully saturated rings. The van der Waals surface area contributed by atoms with Crippen molar-refractivity contribution in [2.24, 2.45) is 0 Å². The number of aliphatic hydroxyl groups excluding tert-OH is 1. The molecule has 0 amide bonds. The summed E-state index contributed by atoms with van der Waals surface area (Å²) in [5.74, 6) is 0. The quantitative estimate of drug-likeness (QED) is 0.715. The number of aliphatic hydroxyl groups is 1. The molecule has 2 rings (SSSR count). The van der Waals surface area contributed by atoms with Crippen LogP contribution in [0.25, 0.3) is 0 Å². The Labute approximate surface area is 78.6 Å². The Kier molecular flexibility index (Phi) is 2.34. The molecule has 2 heteroatoms. The van der Waals surface area contributed by atoms with E-state index in [9.17, 15) is 0 Å². The molecular weight excluding hydrogens is 162 g/mol. The molecule has 0 aromatic heterocycles. The fourth-order valence-electron chi connectivity index (χ4n) is 1.88. The fourth-order valence-corrected chi connectivity index (χ4v) is 1.88. The van der Waals surface area contributed by atoms with E-state index in [4.69, 9.17) is 5.11 Å². The highest BCUT2D eigenvalue weighted by molar-refractivity contribution is 5.37. The van der Waals surface area contributed by atoms with Crippen molar-refractivity contribution in [1.29, 1.82) is 0 Å². The van der Waals surface area contributed by atoms with Crippen LogP contribution in [-0.2, 0) is 13.0 Å². The highest BCUT2D eigenvalue weighted by atomic mass is 16.3. The molecule has 1 aromatic rings. The number of benzene rings is 1. The normalized spacial score (nSPS) is 20.3. The zero-order valence-electron chi connectivity index (χ0n) is 7.88. The van der Waals surface area contributed by atoms with Gasteiger partial charge in [0.15, 0.2) is 0 Å². The van der Waals surface area contributed by atoms with Crippen LogP contribution in [0.15, 0.2) is 18.2 Å². The third-order valence-corrected chi connectivity index (χ3v) is 2.71. The van der Waals surface area contributed by atoms with Crippen LogP contribution < -0.4 is 5.32 Å². The van der Waals surface area contributed by atoms with Gasteiger partial charge in [-0.2, -0.15) is 0 Å². The summed E-state index contributed by atoms with van der Waals surface area (Å²) in [5.41, 5.74) is 3.98. The third kappa shape index (κ3) is 1.47. The van der Waals surface area contributed by atoms with Crippen LogP contribution in [0.2, 0.25) is 0 Å². The van der Waals surface area contributed by atoms with Gasteiger partial charge in [-0.15, -0.1) is 0 Å². The summed E-state index contributed by atoms with van der Waals surface area (Å²) in [6, 6.07) is 6.67. The van der Waals surface area contributed by atoms with Crippen molar-refractivity contribution in [2.75, 3.05) is 6.61 Å². The van der Waals surface area contributed by atoms with E-state index in [0.29, 0.717) is 0 Å². The maximum atomic E-state index is 9.08. The third-order valence-electron chi connectivity index (χ3n) is 2.71. The maximum absolute atomic E-state index is 9.08. The topological polar surface area (TPSA) is 32.3 Å². The SMILES string of the molecule is CCc1ccc2c(c1)CNC2CO. The van der Waals surface area contributed by atoms with Gasteiger partial charge >= 0.3 is 0 Å². The number of rotatable bonds is 2. The second-order valence-electron chi connectivity index (χ2n) is 3.50. The number of nitrogens with one attached hydrogen (secondary N) is 1. The van der Waals surface area contributed by atoms with Gasteiger partial charge in [0.25, 0.3) is 0 Å². The van der Waals surface area contributed by atoms with Gasteiger partial charge in [-0.25, -0.2) is 0 Å². The van der Waals surface area contributed by atoms with E-state index >= 15 is 0 Å². The minimum absolute atomic E-state index is 0.154. The van der Waals surface area contributed by atoms with E-state index in [1.54, 1.807) is 0 Å². The molecule has 70 valence electrons. The molecule has 0 radical (unpaired) electrons. The summed E-state index contributed by atoms with van der Waals surface area (Å²) in [6.45, 7) is 3.25. The lowest BCUT2D eigenvalue weighted by molar-refractivity contribution is 0.251. The summed E-state index contributed by atoms with van der Waals surface area (Å²) >= 11 is 0. The first-order valence-corrected chi connectivity index (χ1v) is 4.81. The minimum atomic E-state index is 0.154. The summed E-state index contributed by atoms with van der Waals surface area (Å²) < 4.78 is 0. The standard InChI is InChI=1S/C11H15NO/c1-2-8-3-4-10-9(5-8)6-12-11(10)7-13/h3-5,11-13H,2,6-7H2,1H3. The van der Waals surface area contributed by atoms with Gasteiger partial charge in [-0.1, -0.05) is 25.1 Å². The molecule has 1 heterocycles. The maximum Gasteiger partial charge on any atom is 0.0626 e. The molecule has 2 N–H and O–H groups in total. The van der Waals surface area contributed by atoms with E-state index in [0.717, 1.165) is 13.0 Å². The smallest absolute Gasteiger partial charge is 0.0626 e. The van der Waals surface area contributed by atoms with E-state index < -0.39 is 0 Å². The number of hydrogen-bond donors (Lipinski definition) is 2. The van der Waals surface area contributed by atoms with Gasteiger partial charge in [0.1, 0.15) is 0 Å². The van der Waals surface area contributed by atoms with Gasteiger partial charge in [-0.05, 0) is 23.1 Å². The molecule has 1 aliphatic heterocycles. The van der Waals surface area contributed by atoms with Gasteiger partial charge in [0.2, 0.25) is 0 Å². The van der Waals surface area contributed by atoms with Crippen LogP contribution in [0, 0.1) is 0 Å². The van der Waals surface area contributed by atoms with E-state index in [-0.39, 0.29) is 12.6 Å². The molecule has 0 saturated heterocycles. The zero-order chi connectivity index (χ0) is 9.26. The Bertz CT molecular complexity index is 309. The number of aryl methyl sites for hydroxylation is 1. The van der Waals surface area contributed by atoms with Crippen molar-refractivity contribution in [3.63, 3.8) is 0 Å². The predicted octanol–water partition coefficient (Wildman–Crippen LogP) is 1.39. The van der Waals surface area contributed by atoms with Crippen LogP contribution in [0.3, 0.4) is 0 Å². The van der Waals surface area contributed by atoms with Crippen LogP contribution in [0.4, 0.5) is 0 Å². The van der Waals surface area contributed by atoms with Crippen LogP contribution in [0.1, 0.15) is 29.7 Å². The molecule has 0 saturated carbocycles. The molecule has 1 atom stereocenters. The molecule has 0 aliphatic carbocycles. The highest BCUT2D eigenvalue weighted by Crippen LogP contribution is 2.25. The van der Waals surface area contributed by atoms with Crippen molar-refractivity contribution >= 4 is 0 Å². The Morgan fingerprint density at radius 2 is 2.38 bits per heavy atom. The van der Waals surface area contributed by atoms with Crippen molar-refractivity contribution in [3.05, 3.63) is 34.9 Å². The highest BCUT2D eigenvalue weighted by Gasteiger charge is 2.20. The first-order valence-electron chi connectivity index (χ1n) is 4.81. The lowest BCUT2D eigenvalue weighted by Crippen LogP contribution is -2.15. The second-order valence-corrected chi connectivity index (χ2v) is 3.50. The largest absolute Gasteiger partial charge is 0.394 e. The van der Waals surface area contributed by atoms with Gasteiger partial charge in [-0.3, -0.25) is 0 Å². The monoisotopic (exact) mass is 177 g/mol. The predicted molar refractivity (Wildman–Crippen MR) is 52.5 cm³/mol. The van der Waals surface area contributed by atoms with Crippen molar-refractivity contribution in [2.45, 2.75) is 25.9 Å². The Morgan fingerprint density at radius 3 is 3.08 bits per heavy atom. The van der Waals surface area contributed by atoms with Crippen LogP contribution >= 0.6 is 0 Å². The van der Waals surface area contributed by atoms with Crippen LogP contribution in [-0.4, -0.2) is 11.7 Å². The van der Waals surface area contributed by atoms with E-state index in [1.165, 1.54) is 16.7 Å². The van der Waals surface area contributed by atoms with Crippen molar-refractivity contribution < 1.29 is 5.11 Å². The molecular formula is C11H15NO. The zero-order valence-corrected chi connectivity index (χ0v) is 7.88. The summed E-state index contributed by atoms with van der Waals surface area (Å²) in [5, 5.41) is 12.3. The van der Waals surface area contributed by atoms with Gasteiger partial charge in [0.05, 0.1) is 12.6 Å². The molecule has 2 nitrogen and oxygen atoms in total. The molecule has 0 spiro atoms. The van der Waals surface area contributed by atoms with Gasteiger partial charge < -0.3 is 10.4 Å². The average Bonchev–Trinajstić information content (AvgIpc) is 2.59.